The maximum atomic E-state index is 11.5. The van der Waals surface area contributed by atoms with Gasteiger partial charge in [-0.05, 0) is 18.8 Å². The van der Waals surface area contributed by atoms with Crippen molar-refractivity contribution in [2.24, 2.45) is 5.92 Å². The van der Waals surface area contributed by atoms with Crippen LogP contribution in [0.3, 0.4) is 0 Å². The van der Waals surface area contributed by atoms with E-state index in [0.29, 0.717) is 19.0 Å². The Hall–Kier alpha value is -0.130. The molecule has 14 heavy (non-hydrogen) atoms. The molecule has 4 nitrogen and oxygen atoms in total. The zero-order chi connectivity index (χ0) is 10.6. The SMILES string of the molecule is CCC1CCN(S(=O)(=O)CCO)CC1. The highest BCUT2D eigenvalue weighted by Crippen LogP contribution is 2.21. The van der Waals surface area contributed by atoms with Gasteiger partial charge in [-0.3, -0.25) is 0 Å². The quantitative estimate of drug-likeness (QED) is 0.749. The third-order valence-corrected chi connectivity index (χ3v) is 4.74. The van der Waals surface area contributed by atoms with Crippen molar-refractivity contribution in [2.75, 3.05) is 25.4 Å². The fraction of sp³-hybridized carbons (Fsp3) is 1.00. The van der Waals surface area contributed by atoms with Gasteiger partial charge in [0.25, 0.3) is 0 Å². The first-order valence-corrected chi connectivity index (χ1v) is 6.79. The monoisotopic (exact) mass is 221 g/mol. The molecule has 1 rings (SSSR count). The summed E-state index contributed by atoms with van der Waals surface area (Å²) < 4.78 is 24.6. The molecule has 0 saturated carbocycles. The van der Waals surface area contributed by atoms with Crippen molar-refractivity contribution in [1.29, 1.82) is 0 Å². The first-order valence-electron chi connectivity index (χ1n) is 5.19. The predicted molar refractivity (Wildman–Crippen MR) is 55.5 cm³/mol. The van der Waals surface area contributed by atoms with E-state index in [1.165, 1.54) is 4.31 Å². The molecule has 1 heterocycles. The van der Waals surface area contributed by atoms with Crippen LogP contribution < -0.4 is 0 Å². The van der Waals surface area contributed by atoms with E-state index in [9.17, 15) is 8.42 Å². The molecular formula is C9H19NO3S. The van der Waals surface area contributed by atoms with Crippen molar-refractivity contribution in [3.05, 3.63) is 0 Å². The molecule has 0 aliphatic carbocycles. The molecule has 5 heteroatoms. The Kier molecular flexibility index (Phi) is 4.34. The Morgan fingerprint density at radius 1 is 1.36 bits per heavy atom. The molecule has 0 unspecified atom stereocenters. The highest BCUT2D eigenvalue weighted by molar-refractivity contribution is 7.89. The summed E-state index contributed by atoms with van der Waals surface area (Å²) in [6.45, 7) is 3.11. The minimum atomic E-state index is -3.18. The molecule has 84 valence electrons. The fourth-order valence-electron chi connectivity index (χ4n) is 1.84. The molecule has 1 fully saturated rings. The molecule has 0 spiro atoms. The summed E-state index contributed by atoms with van der Waals surface area (Å²) in [6, 6.07) is 0. The fourth-order valence-corrected chi connectivity index (χ4v) is 3.10. The van der Waals surface area contributed by atoms with Crippen LogP contribution in [0.25, 0.3) is 0 Å². The molecule has 0 atom stereocenters. The molecule has 0 aromatic carbocycles. The molecule has 0 radical (unpaired) electrons. The predicted octanol–water partition coefficient (Wildman–Crippen LogP) is 0.430. The first kappa shape index (κ1) is 11.9. The second-order valence-electron chi connectivity index (χ2n) is 3.79. The average molecular weight is 221 g/mol. The first-order chi connectivity index (χ1) is 6.60. The summed E-state index contributed by atoms with van der Waals surface area (Å²) in [4.78, 5) is 0. The van der Waals surface area contributed by atoms with E-state index < -0.39 is 10.0 Å². The number of aliphatic hydroxyl groups is 1. The summed E-state index contributed by atoms with van der Waals surface area (Å²) in [5.41, 5.74) is 0. The summed E-state index contributed by atoms with van der Waals surface area (Å²) in [7, 11) is -3.18. The van der Waals surface area contributed by atoms with Gasteiger partial charge >= 0.3 is 0 Å². The zero-order valence-electron chi connectivity index (χ0n) is 8.65. The largest absolute Gasteiger partial charge is 0.395 e. The molecule has 1 N–H and O–H groups in total. The van der Waals surface area contributed by atoms with Crippen molar-refractivity contribution < 1.29 is 13.5 Å². The van der Waals surface area contributed by atoms with Crippen molar-refractivity contribution in [3.63, 3.8) is 0 Å². The maximum absolute atomic E-state index is 11.5. The molecule has 1 aliphatic heterocycles. The van der Waals surface area contributed by atoms with Gasteiger partial charge in [0, 0.05) is 13.1 Å². The number of nitrogens with zero attached hydrogens (tertiary/aromatic N) is 1. The molecule has 0 aromatic rings. The molecule has 0 aromatic heterocycles. The second-order valence-corrected chi connectivity index (χ2v) is 5.88. The number of hydrogen-bond acceptors (Lipinski definition) is 3. The van der Waals surface area contributed by atoms with Crippen molar-refractivity contribution >= 4 is 10.0 Å². The lowest BCUT2D eigenvalue weighted by Crippen LogP contribution is -2.40. The lowest BCUT2D eigenvalue weighted by molar-refractivity contribution is 0.264. The second kappa shape index (κ2) is 5.09. The summed E-state index contributed by atoms with van der Waals surface area (Å²) in [5.74, 6) is 0.541. The van der Waals surface area contributed by atoms with Crippen LogP contribution in [0.4, 0.5) is 0 Å². The van der Waals surface area contributed by atoms with Crippen LogP contribution in [0, 0.1) is 5.92 Å². The van der Waals surface area contributed by atoms with Crippen molar-refractivity contribution in [2.45, 2.75) is 26.2 Å². The standard InChI is InChI=1S/C9H19NO3S/c1-2-9-3-5-10(6-4-9)14(12,13)8-7-11/h9,11H,2-8H2,1H3. The summed E-state index contributed by atoms with van der Waals surface area (Å²) in [5, 5.41) is 8.62. The van der Waals surface area contributed by atoms with E-state index in [2.05, 4.69) is 6.92 Å². The molecule has 0 bridgehead atoms. The van der Waals surface area contributed by atoms with E-state index in [1.807, 2.05) is 0 Å². The molecular weight excluding hydrogens is 202 g/mol. The van der Waals surface area contributed by atoms with Crippen LogP contribution >= 0.6 is 0 Å². The number of aliphatic hydroxyl groups excluding tert-OH is 1. The van der Waals surface area contributed by atoms with Gasteiger partial charge in [-0.2, -0.15) is 0 Å². The van der Waals surface area contributed by atoms with Gasteiger partial charge in [0.1, 0.15) is 0 Å². The Balaban J connectivity index is 2.49. The minimum Gasteiger partial charge on any atom is -0.395 e. The maximum Gasteiger partial charge on any atom is 0.216 e. The third kappa shape index (κ3) is 2.93. The van der Waals surface area contributed by atoms with E-state index >= 15 is 0 Å². The Morgan fingerprint density at radius 2 is 1.93 bits per heavy atom. The van der Waals surface area contributed by atoms with Crippen LogP contribution in [0.2, 0.25) is 0 Å². The number of sulfonamides is 1. The third-order valence-electron chi connectivity index (χ3n) is 2.89. The highest BCUT2D eigenvalue weighted by atomic mass is 32.2. The topological polar surface area (TPSA) is 57.6 Å². The van der Waals surface area contributed by atoms with Gasteiger partial charge in [0.2, 0.25) is 10.0 Å². The number of rotatable bonds is 4. The van der Waals surface area contributed by atoms with E-state index in [-0.39, 0.29) is 12.4 Å². The van der Waals surface area contributed by atoms with Crippen LogP contribution in [-0.4, -0.2) is 43.3 Å². The van der Waals surface area contributed by atoms with Gasteiger partial charge in [-0.15, -0.1) is 0 Å². The zero-order valence-corrected chi connectivity index (χ0v) is 9.46. The van der Waals surface area contributed by atoms with Crippen LogP contribution in [0.15, 0.2) is 0 Å². The Labute approximate surface area is 86.0 Å². The Bertz CT molecular complexity index is 255. The Morgan fingerprint density at radius 3 is 2.36 bits per heavy atom. The van der Waals surface area contributed by atoms with Crippen molar-refractivity contribution in [1.82, 2.24) is 4.31 Å². The number of hydrogen-bond donors (Lipinski definition) is 1. The van der Waals surface area contributed by atoms with E-state index in [0.717, 1.165) is 19.3 Å². The van der Waals surface area contributed by atoms with Crippen LogP contribution in [0.1, 0.15) is 26.2 Å². The van der Waals surface area contributed by atoms with E-state index in [1.54, 1.807) is 0 Å². The average Bonchev–Trinajstić information content (AvgIpc) is 2.18. The van der Waals surface area contributed by atoms with Gasteiger partial charge in [-0.1, -0.05) is 13.3 Å². The van der Waals surface area contributed by atoms with Gasteiger partial charge in [0.05, 0.1) is 12.4 Å². The minimum absolute atomic E-state index is 0.135. The lowest BCUT2D eigenvalue weighted by atomic mass is 9.96. The van der Waals surface area contributed by atoms with Gasteiger partial charge < -0.3 is 5.11 Å². The van der Waals surface area contributed by atoms with E-state index in [4.69, 9.17) is 5.11 Å². The van der Waals surface area contributed by atoms with Crippen LogP contribution in [-0.2, 0) is 10.0 Å². The lowest BCUT2D eigenvalue weighted by Gasteiger charge is -2.30. The highest BCUT2D eigenvalue weighted by Gasteiger charge is 2.26. The number of piperidine rings is 1. The summed E-state index contributed by atoms with van der Waals surface area (Å²) >= 11 is 0. The van der Waals surface area contributed by atoms with Gasteiger partial charge in [-0.25, -0.2) is 12.7 Å². The van der Waals surface area contributed by atoms with Crippen molar-refractivity contribution in [3.8, 4) is 0 Å². The molecule has 1 saturated heterocycles. The molecule has 0 amide bonds. The normalized spacial score (nSPS) is 21.3. The smallest absolute Gasteiger partial charge is 0.216 e. The van der Waals surface area contributed by atoms with Crippen LogP contribution in [0.5, 0.6) is 0 Å². The van der Waals surface area contributed by atoms with Gasteiger partial charge in [0.15, 0.2) is 0 Å². The molecule has 1 aliphatic rings. The summed E-state index contributed by atoms with van der Waals surface area (Å²) in [6.07, 6.45) is 3.05.